The van der Waals surface area contributed by atoms with Gasteiger partial charge in [0.05, 0.1) is 13.7 Å². The van der Waals surface area contributed by atoms with Crippen LogP contribution < -0.4 is 5.32 Å². The van der Waals surface area contributed by atoms with Crippen molar-refractivity contribution in [1.29, 1.82) is 0 Å². The van der Waals surface area contributed by atoms with Crippen LogP contribution in [0.4, 0.5) is 0 Å². The average molecular weight is 299 g/mol. The molecule has 0 amide bonds. The standard InChI is InChI=1S/C15H29N3O3/c1-4-16-15(17-9-6-5-7-14(19)20-3)18(2)11-13-8-10-21-12-13/h13H,4-12H2,1-3H3,(H,16,17). The van der Waals surface area contributed by atoms with Crippen molar-refractivity contribution in [3.63, 3.8) is 0 Å². The maximum absolute atomic E-state index is 11.0. The van der Waals surface area contributed by atoms with E-state index in [-0.39, 0.29) is 5.97 Å². The van der Waals surface area contributed by atoms with Crippen LogP contribution in [0, 0.1) is 5.92 Å². The van der Waals surface area contributed by atoms with Crippen molar-refractivity contribution in [3.8, 4) is 0 Å². The van der Waals surface area contributed by atoms with E-state index < -0.39 is 0 Å². The molecule has 0 aromatic rings. The van der Waals surface area contributed by atoms with E-state index in [1.807, 2.05) is 0 Å². The molecule has 1 rings (SSSR count). The summed E-state index contributed by atoms with van der Waals surface area (Å²) in [6.45, 7) is 6.34. The van der Waals surface area contributed by atoms with E-state index >= 15 is 0 Å². The molecule has 0 spiro atoms. The third kappa shape index (κ3) is 7.32. The van der Waals surface area contributed by atoms with E-state index in [9.17, 15) is 4.79 Å². The smallest absolute Gasteiger partial charge is 0.305 e. The molecule has 1 aliphatic rings. The van der Waals surface area contributed by atoms with E-state index in [0.29, 0.717) is 12.3 Å². The SMILES string of the molecule is CCNC(=NCCCCC(=O)OC)N(C)CC1CCOC1. The lowest BCUT2D eigenvalue weighted by Gasteiger charge is -2.24. The second kappa shape index (κ2) is 10.4. The third-order valence-corrected chi connectivity index (χ3v) is 3.53. The number of carbonyl (C=O) groups is 1. The Morgan fingerprint density at radius 3 is 2.90 bits per heavy atom. The molecular formula is C15H29N3O3. The number of carbonyl (C=O) groups excluding carboxylic acids is 1. The summed E-state index contributed by atoms with van der Waals surface area (Å²) in [6.07, 6.45) is 3.31. The monoisotopic (exact) mass is 299 g/mol. The van der Waals surface area contributed by atoms with Crippen LogP contribution in [-0.4, -0.2) is 63.8 Å². The molecule has 1 saturated heterocycles. The molecule has 1 unspecified atom stereocenters. The largest absolute Gasteiger partial charge is 0.469 e. The average Bonchev–Trinajstić information content (AvgIpc) is 2.98. The number of rotatable bonds is 8. The summed E-state index contributed by atoms with van der Waals surface area (Å²) in [5.74, 6) is 1.38. The van der Waals surface area contributed by atoms with E-state index in [4.69, 9.17) is 4.74 Å². The first kappa shape index (κ1) is 17.8. The van der Waals surface area contributed by atoms with Crippen LogP contribution in [0.2, 0.25) is 0 Å². The van der Waals surface area contributed by atoms with Gasteiger partial charge < -0.3 is 19.7 Å². The van der Waals surface area contributed by atoms with E-state index in [1.165, 1.54) is 7.11 Å². The highest BCUT2D eigenvalue weighted by molar-refractivity contribution is 5.79. The van der Waals surface area contributed by atoms with Crippen molar-refractivity contribution in [2.24, 2.45) is 10.9 Å². The van der Waals surface area contributed by atoms with Crippen molar-refractivity contribution in [1.82, 2.24) is 10.2 Å². The van der Waals surface area contributed by atoms with E-state index in [2.05, 4.69) is 33.9 Å². The number of methoxy groups -OCH3 is 1. The molecular weight excluding hydrogens is 270 g/mol. The quantitative estimate of drug-likeness (QED) is 0.316. The predicted molar refractivity (Wildman–Crippen MR) is 83.4 cm³/mol. The first-order chi connectivity index (χ1) is 10.2. The normalized spacial score (nSPS) is 18.6. The summed E-state index contributed by atoms with van der Waals surface area (Å²) in [4.78, 5) is 17.8. The molecule has 21 heavy (non-hydrogen) atoms. The second-order valence-corrected chi connectivity index (χ2v) is 5.38. The Morgan fingerprint density at radius 2 is 2.29 bits per heavy atom. The Bertz CT molecular complexity index is 328. The van der Waals surface area contributed by atoms with Gasteiger partial charge >= 0.3 is 5.97 Å². The molecule has 6 nitrogen and oxygen atoms in total. The molecule has 0 aromatic heterocycles. The number of esters is 1. The number of hydrogen-bond donors (Lipinski definition) is 1. The molecule has 0 aromatic carbocycles. The molecule has 1 atom stereocenters. The summed E-state index contributed by atoms with van der Waals surface area (Å²) < 4.78 is 10.0. The third-order valence-electron chi connectivity index (χ3n) is 3.53. The number of nitrogens with zero attached hydrogens (tertiary/aromatic N) is 2. The minimum Gasteiger partial charge on any atom is -0.469 e. The van der Waals surface area contributed by atoms with Gasteiger partial charge in [-0.3, -0.25) is 9.79 Å². The fraction of sp³-hybridized carbons (Fsp3) is 0.867. The molecule has 6 heteroatoms. The van der Waals surface area contributed by atoms with Gasteiger partial charge in [-0.15, -0.1) is 0 Å². The highest BCUT2D eigenvalue weighted by Crippen LogP contribution is 2.13. The number of unbranched alkanes of at least 4 members (excludes halogenated alkanes) is 1. The highest BCUT2D eigenvalue weighted by Gasteiger charge is 2.18. The minimum absolute atomic E-state index is 0.149. The van der Waals surface area contributed by atoms with Gasteiger partial charge in [0.15, 0.2) is 5.96 Å². The molecule has 0 saturated carbocycles. The highest BCUT2D eigenvalue weighted by atomic mass is 16.5. The second-order valence-electron chi connectivity index (χ2n) is 5.38. The number of aliphatic imine (C=N–C) groups is 1. The molecule has 1 heterocycles. The first-order valence-corrected chi connectivity index (χ1v) is 7.81. The minimum atomic E-state index is -0.149. The van der Waals surface area contributed by atoms with Gasteiger partial charge in [-0.25, -0.2) is 0 Å². The Morgan fingerprint density at radius 1 is 1.48 bits per heavy atom. The summed E-state index contributed by atoms with van der Waals surface area (Å²) in [5, 5.41) is 3.31. The van der Waals surface area contributed by atoms with Crippen LogP contribution in [0.25, 0.3) is 0 Å². The lowest BCUT2D eigenvalue weighted by Crippen LogP contribution is -2.41. The maximum atomic E-state index is 11.0. The number of hydrogen-bond acceptors (Lipinski definition) is 4. The van der Waals surface area contributed by atoms with Crippen molar-refractivity contribution < 1.29 is 14.3 Å². The van der Waals surface area contributed by atoms with Crippen molar-refractivity contribution in [2.75, 3.05) is 47.0 Å². The zero-order valence-electron chi connectivity index (χ0n) is 13.6. The first-order valence-electron chi connectivity index (χ1n) is 7.81. The Balaban J connectivity index is 2.32. The van der Waals surface area contributed by atoms with Gasteiger partial charge in [0.2, 0.25) is 0 Å². The summed E-state index contributed by atoms with van der Waals surface area (Å²) in [6, 6.07) is 0. The molecule has 0 aliphatic carbocycles. The molecule has 1 aliphatic heterocycles. The number of guanidine groups is 1. The summed E-state index contributed by atoms with van der Waals surface area (Å²) in [5.41, 5.74) is 0. The zero-order valence-corrected chi connectivity index (χ0v) is 13.6. The lowest BCUT2D eigenvalue weighted by molar-refractivity contribution is -0.140. The molecule has 0 radical (unpaired) electrons. The van der Waals surface area contributed by atoms with Gasteiger partial charge in [0.1, 0.15) is 0 Å². The Hall–Kier alpha value is -1.30. The van der Waals surface area contributed by atoms with Crippen LogP contribution in [0.15, 0.2) is 4.99 Å². The molecule has 122 valence electrons. The topological polar surface area (TPSA) is 63.2 Å². The predicted octanol–water partition coefficient (Wildman–Crippen LogP) is 1.26. The molecule has 1 fully saturated rings. The van der Waals surface area contributed by atoms with Crippen molar-refractivity contribution in [3.05, 3.63) is 0 Å². The van der Waals surface area contributed by atoms with Crippen molar-refractivity contribution in [2.45, 2.75) is 32.6 Å². The van der Waals surface area contributed by atoms with Crippen LogP contribution in [0.1, 0.15) is 32.6 Å². The van der Waals surface area contributed by atoms with E-state index in [1.54, 1.807) is 0 Å². The van der Waals surface area contributed by atoms with Gasteiger partial charge in [-0.2, -0.15) is 0 Å². The van der Waals surface area contributed by atoms with Gasteiger partial charge in [0.25, 0.3) is 0 Å². The Labute approximate surface area is 127 Å². The molecule has 0 bridgehead atoms. The van der Waals surface area contributed by atoms with Gasteiger partial charge in [-0.05, 0) is 26.2 Å². The maximum Gasteiger partial charge on any atom is 0.305 e. The Kier molecular flexibility index (Phi) is 8.82. The zero-order chi connectivity index (χ0) is 15.5. The van der Waals surface area contributed by atoms with Crippen LogP contribution in [-0.2, 0) is 14.3 Å². The fourth-order valence-corrected chi connectivity index (χ4v) is 2.34. The van der Waals surface area contributed by atoms with Crippen LogP contribution in [0.3, 0.4) is 0 Å². The van der Waals surface area contributed by atoms with Gasteiger partial charge in [0, 0.05) is 45.6 Å². The van der Waals surface area contributed by atoms with Crippen molar-refractivity contribution >= 4 is 11.9 Å². The fourth-order valence-electron chi connectivity index (χ4n) is 2.34. The number of ether oxygens (including phenoxy) is 2. The number of nitrogens with one attached hydrogen (secondary N) is 1. The van der Waals surface area contributed by atoms with Gasteiger partial charge in [-0.1, -0.05) is 0 Å². The molecule has 1 N–H and O–H groups in total. The lowest BCUT2D eigenvalue weighted by atomic mass is 10.1. The van der Waals surface area contributed by atoms with Crippen LogP contribution >= 0.6 is 0 Å². The van der Waals surface area contributed by atoms with E-state index in [0.717, 1.165) is 58.1 Å². The summed E-state index contributed by atoms with van der Waals surface area (Å²) >= 11 is 0. The summed E-state index contributed by atoms with van der Waals surface area (Å²) in [7, 11) is 3.49. The van der Waals surface area contributed by atoms with Crippen LogP contribution in [0.5, 0.6) is 0 Å².